The summed E-state index contributed by atoms with van der Waals surface area (Å²) < 4.78 is 37.3. The van der Waals surface area contributed by atoms with E-state index >= 15 is 0 Å². The molecule has 0 unspecified atom stereocenters. The van der Waals surface area contributed by atoms with Gasteiger partial charge >= 0.3 is 0 Å². The molecule has 1 aliphatic heterocycles. The highest BCUT2D eigenvalue weighted by Gasteiger charge is 2.28. The van der Waals surface area contributed by atoms with E-state index in [0.717, 1.165) is 0 Å². The number of hydrogen-bond donors (Lipinski definition) is 2. The second-order valence-corrected chi connectivity index (χ2v) is 8.82. The van der Waals surface area contributed by atoms with Gasteiger partial charge in [-0.2, -0.15) is 4.72 Å². The number of methoxy groups -OCH3 is 1. The van der Waals surface area contributed by atoms with Crippen molar-refractivity contribution in [2.75, 3.05) is 20.2 Å². The zero-order valence-corrected chi connectivity index (χ0v) is 17.6. The van der Waals surface area contributed by atoms with Gasteiger partial charge in [0.15, 0.2) is 0 Å². The number of likely N-dealkylation sites (tertiary alicyclic amines) is 1. The summed E-state index contributed by atoms with van der Waals surface area (Å²) in [7, 11) is -2.35. The van der Waals surface area contributed by atoms with Crippen LogP contribution in [0.4, 0.5) is 0 Å². The van der Waals surface area contributed by atoms with Crippen LogP contribution < -0.4 is 14.8 Å². The number of carbonyl (C=O) groups is 2. The summed E-state index contributed by atoms with van der Waals surface area (Å²) in [5.41, 5.74) is 0.499. The van der Waals surface area contributed by atoms with E-state index in [1.807, 2.05) is 0 Å². The van der Waals surface area contributed by atoms with E-state index in [1.165, 1.54) is 50.8 Å². The second kappa shape index (κ2) is 9.31. The maximum atomic E-state index is 12.5. The third-order valence-corrected chi connectivity index (χ3v) is 6.55. The van der Waals surface area contributed by atoms with Gasteiger partial charge in [-0.15, -0.1) is 0 Å². The predicted octanol–water partition coefficient (Wildman–Crippen LogP) is 1.38. The Morgan fingerprint density at radius 3 is 2.40 bits per heavy atom. The number of hydrogen-bond acceptors (Lipinski definition) is 6. The van der Waals surface area contributed by atoms with Crippen molar-refractivity contribution in [2.24, 2.45) is 0 Å². The number of nitrogens with zero attached hydrogens (tertiary/aromatic N) is 1. The average Bonchev–Trinajstić information content (AvgIpc) is 3.28. The first-order valence-corrected chi connectivity index (χ1v) is 11.1. The van der Waals surface area contributed by atoms with Crippen molar-refractivity contribution in [2.45, 2.75) is 36.7 Å². The number of amides is 2. The van der Waals surface area contributed by atoms with Crippen LogP contribution in [0, 0.1) is 0 Å². The number of ether oxygens (including phenoxy) is 1. The molecule has 0 radical (unpaired) electrons. The molecule has 2 heterocycles. The van der Waals surface area contributed by atoms with Gasteiger partial charge in [0.1, 0.15) is 12.0 Å². The summed E-state index contributed by atoms with van der Waals surface area (Å²) in [4.78, 5) is 26.6. The third kappa shape index (κ3) is 5.19. The second-order valence-electron chi connectivity index (χ2n) is 7.11. The van der Waals surface area contributed by atoms with Crippen molar-refractivity contribution in [3.8, 4) is 5.75 Å². The first-order valence-electron chi connectivity index (χ1n) is 9.58. The minimum atomic E-state index is -3.84. The normalized spacial score (nSPS) is 16.1. The molecule has 0 bridgehead atoms. The van der Waals surface area contributed by atoms with Gasteiger partial charge in [0.05, 0.1) is 29.9 Å². The standard InChI is InChI=1S/C20H25N3O6S/c1-14(22-30(26,27)18-5-3-17(28-2)4-6-18)19(24)21-16-7-10-23(11-8-16)20(25)15-9-12-29-13-15/h3-6,9,12-14,16,22H,7-8,10-11H2,1-2H3,(H,21,24)/t14-/m0/s1. The molecule has 3 rings (SSSR count). The van der Waals surface area contributed by atoms with Crippen LogP contribution >= 0.6 is 0 Å². The van der Waals surface area contributed by atoms with Crippen LogP contribution in [0.5, 0.6) is 5.75 Å². The number of rotatable bonds is 7. The minimum Gasteiger partial charge on any atom is -0.497 e. The number of furan rings is 1. The Kier molecular flexibility index (Phi) is 6.78. The van der Waals surface area contributed by atoms with E-state index < -0.39 is 22.0 Å². The van der Waals surface area contributed by atoms with E-state index in [9.17, 15) is 18.0 Å². The van der Waals surface area contributed by atoms with Crippen LogP contribution in [0.1, 0.15) is 30.1 Å². The molecule has 1 saturated heterocycles. The van der Waals surface area contributed by atoms with Gasteiger partial charge in [0.2, 0.25) is 15.9 Å². The molecule has 0 saturated carbocycles. The Morgan fingerprint density at radius 1 is 1.17 bits per heavy atom. The van der Waals surface area contributed by atoms with Gasteiger partial charge < -0.3 is 19.4 Å². The highest BCUT2D eigenvalue weighted by atomic mass is 32.2. The molecule has 1 aromatic carbocycles. The summed E-state index contributed by atoms with van der Waals surface area (Å²) in [6, 6.07) is 6.46. The summed E-state index contributed by atoms with van der Waals surface area (Å²) in [5, 5.41) is 2.86. The fourth-order valence-electron chi connectivity index (χ4n) is 3.23. The quantitative estimate of drug-likeness (QED) is 0.678. The summed E-state index contributed by atoms with van der Waals surface area (Å²) in [6.45, 7) is 2.50. The summed E-state index contributed by atoms with van der Waals surface area (Å²) >= 11 is 0. The predicted molar refractivity (Wildman–Crippen MR) is 109 cm³/mol. The molecule has 2 aromatic rings. The molecule has 0 aliphatic carbocycles. The zero-order valence-electron chi connectivity index (χ0n) is 16.8. The molecule has 1 fully saturated rings. The number of sulfonamides is 1. The van der Waals surface area contributed by atoms with Crippen molar-refractivity contribution in [1.29, 1.82) is 0 Å². The van der Waals surface area contributed by atoms with Gasteiger partial charge in [-0.3, -0.25) is 9.59 Å². The Bertz CT molecular complexity index is 964. The van der Waals surface area contributed by atoms with Gasteiger partial charge in [0.25, 0.3) is 5.91 Å². The average molecular weight is 436 g/mol. The molecule has 162 valence electrons. The molecule has 10 heteroatoms. The van der Waals surface area contributed by atoms with Crippen molar-refractivity contribution in [3.63, 3.8) is 0 Å². The summed E-state index contributed by atoms with van der Waals surface area (Å²) in [6.07, 6.45) is 4.04. The molecule has 2 amide bonds. The minimum absolute atomic E-state index is 0.0500. The number of carbonyl (C=O) groups excluding carboxylic acids is 2. The maximum Gasteiger partial charge on any atom is 0.257 e. The largest absolute Gasteiger partial charge is 0.497 e. The molecule has 9 nitrogen and oxygen atoms in total. The van der Waals surface area contributed by atoms with E-state index in [1.54, 1.807) is 11.0 Å². The molecule has 1 atom stereocenters. The molecule has 1 aromatic heterocycles. The van der Waals surface area contributed by atoms with Gasteiger partial charge in [-0.1, -0.05) is 0 Å². The third-order valence-electron chi connectivity index (χ3n) is 4.99. The lowest BCUT2D eigenvalue weighted by Gasteiger charge is -2.32. The first-order chi connectivity index (χ1) is 14.3. The smallest absolute Gasteiger partial charge is 0.257 e. The fourth-order valence-corrected chi connectivity index (χ4v) is 4.43. The molecular weight excluding hydrogens is 410 g/mol. The number of benzene rings is 1. The highest BCUT2D eigenvalue weighted by molar-refractivity contribution is 7.89. The Labute approximate surface area is 175 Å². The van der Waals surface area contributed by atoms with Crippen LogP contribution in [0.25, 0.3) is 0 Å². The van der Waals surface area contributed by atoms with Crippen molar-refractivity contribution in [1.82, 2.24) is 14.9 Å². The van der Waals surface area contributed by atoms with Crippen molar-refractivity contribution >= 4 is 21.8 Å². The molecule has 2 N–H and O–H groups in total. The van der Waals surface area contributed by atoms with Crippen LogP contribution in [0.15, 0.2) is 52.2 Å². The van der Waals surface area contributed by atoms with Crippen LogP contribution in [0.3, 0.4) is 0 Å². The molecule has 1 aliphatic rings. The lowest BCUT2D eigenvalue weighted by atomic mass is 10.0. The van der Waals surface area contributed by atoms with Crippen LogP contribution in [-0.2, 0) is 14.8 Å². The maximum absolute atomic E-state index is 12.5. The van der Waals surface area contributed by atoms with Crippen LogP contribution in [-0.4, -0.2) is 57.4 Å². The Hall–Kier alpha value is -2.85. The lowest BCUT2D eigenvalue weighted by Crippen LogP contribution is -2.51. The molecular formula is C20H25N3O6S. The van der Waals surface area contributed by atoms with Crippen molar-refractivity contribution < 1.29 is 27.2 Å². The topological polar surface area (TPSA) is 118 Å². The van der Waals surface area contributed by atoms with E-state index in [0.29, 0.717) is 37.2 Å². The monoisotopic (exact) mass is 435 g/mol. The number of nitrogens with one attached hydrogen (secondary N) is 2. The van der Waals surface area contributed by atoms with E-state index in [4.69, 9.17) is 9.15 Å². The Balaban J connectivity index is 1.50. The first kappa shape index (κ1) is 21.8. The van der Waals surface area contributed by atoms with Gasteiger partial charge in [-0.05, 0) is 50.1 Å². The van der Waals surface area contributed by atoms with Crippen molar-refractivity contribution in [3.05, 3.63) is 48.4 Å². The highest BCUT2D eigenvalue weighted by Crippen LogP contribution is 2.17. The van der Waals surface area contributed by atoms with Gasteiger partial charge in [-0.25, -0.2) is 8.42 Å². The molecule has 30 heavy (non-hydrogen) atoms. The lowest BCUT2D eigenvalue weighted by molar-refractivity contribution is -0.123. The molecule has 0 spiro atoms. The van der Waals surface area contributed by atoms with E-state index in [2.05, 4.69) is 10.0 Å². The Morgan fingerprint density at radius 2 is 1.83 bits per heavy atom. The zero-order chi connectivity index (χ0) is 21.7. The fraction of sp³-hybridized carbons (Fsp3) is 0.400. The summed E-state index contributed by atoms with van der Waals surface area (Å²) in [5.74, 6) is 0.0261. The number of piperidine rings is 1. The van der Waals surface area contributed by atoms with Gasteiger partial charge in [0, 0.05) is 19.1 Å². The van der Waals surface area contributed by atoms with Crippen LogP contribution in [0.2, 0.25) is 0 Å². The SMILES string of the molecule is COc1ccc(S(=O)(=O)N[C@@H](C)C(=O)NC2CCN(C(=O)c3ccoc3)CC2)cc1. The van der Waals surface area contributed by atoms with E-state index in [-0.39, 0.29) is 16.8 Å².